The minimum atomic E-state index is 0.0432. The van der Waals surface area contributed by atoms with E-state index in [1.165, 1.54) is 12.5 Å². The number of ether oxygens (including phenoxy) is 1. The molecule has 0 heterocycles. The molecule has 0 radical (unpaired) electrons. The molecule has 0 saturated carbocycles. The number of ketones is 1. The van der Waals surface area contributed by atoms with Crippen LogP contribution in [-0.2, 0) is 16.0 Å². The fraction of sp³-hybridized carbons (Fsp3) is 0.227. The van der Waals surface area contributed by atoms with Gasteiger partial charge < -0.3 is 15.4 Å². The van der Waals surface area contributed by atoms with E-state index in [1.807, 2.05) is 43.5 Å². The molecule has 0 aliphatic rings. The van der Waals surface area contributed by atoms with Crippen molar-refractivity contribution in [3.05, 3.63) is 71.5 Å². The normalized spacial score (nSPS) is 11.0. The average molecular weight is 350 g/mol. The minimum Gasteiger partial charge on any atom is -0.481 e. The van der Waals surface area contributed by atoms with Gasteiger partial charge in [-0.15, -0.1) is 0 Å². The Hall–Kier alpha value is -3.01. The number of hydrogen-bond donors (Lipinski definition) is 2. The third kappa shape index (κ3) is 6.13. The van der Waals surface area contributed by atoms with Crippen LogP contribution in [0.4, 0.5) is 11.4 Å². The zero-order valence-corrected chi connectivity index (χ0v) is 15.6. The maximum absolute atomic E-state index is 10.9. The van der Waals surface area contributed by atoms with E-state index < -0.39 is 0 Å². The molecular weight excluding hydrogens is 324 g/mol. The Morgan fingerprint density at radius 2 is 1.77 bits per heavy atom. The van der Waals surface area contributed by atoms with Gasteiger partial charge in [-0.3, -0.25) is 4.79 Å². The van der Waals surface area contributed by atoms with Gasteiger partial charge in [-0.1, -0.05) is 37.3 Å². The van der Waals surface area contributed by atoms with Crippen LogP contribution < -0.4 is 10.6 Å². The molecule has 0 saturated heterocycles. The van der Waals surface area contributed by atoms with Gasteiger partial charge in [0.2, 0.25) is 0 Å². The van der Waals surface area contributed by atoms with Crippen molar-refractivity contribution in [2.24, 2.45) is 0 Å². The number of anilines is 2. The molecule has 2 aromatic carbocycles. The Morgan fingerprint density at radius 3 is 2.38 bits per heavy atom. The summed E-state index contributed by atoms with van der Waals surface area (Å²) in [4.78, 5) is 10.9. The monoisotopic (exact) mass is 350 g/mol. The first kappa shape index (κ1) is 19.3. The van der Waals surface area contributed by atoms with E-state index in [1.54, 1.807) is 18.4 Å². The summed E-state index contributed by atoms with van der Waals surface area (Å²) in [7, 11) is 1.92. The third-order valence-corrected chi connectivity index (χ3v) is 3.92. The molecule has 4 nitrogen and oxygen atoms in total. The molecule has 0 atom stereocenters. The van der Waals surface area contributed by atoms with Gasteiger partial charge in [0.15, 0.2) is 12.5 Å². The molecule has 0 aromatic heterocycles. The maximum atomic E-state index is 10.9. The van der Waals surface area contributed by atoms with Crippen molar-refractivity contribution in [1.82, 2.24) is 0 Å². The van der Waals surface area contributed by atoms with Crippen molar-refractivity contribution in [2.75, 3.05) is 24.4 Å². The number of allylic oxidation sites excluding steroid dienone is 1. The lowest BCUT2D eigenvalue weighted by atomic mass is 10.1. The lowest BCUT2D eigenvalue weighted by molar-refractivity contribution is -0.112. The van der Waals surface area contributed by atoms with Crippen LogP contribution in [0.15, 0.2) is 54.8 Å². The van der Waals surface area contributed by atoms with Gasteiger partial charge in [0.1, 0.15) is 0 Å². The second kappa shape index (κ2) is 10.1. The van der Waals surface area contributed by atoms with Crippen LogP contribution >= 0.6 is 0 Å². The molecule has 2 rings (SSSR count). The first-order valence-electron chi connectivity index (χ1n) is 8.73. The van der Waals surface area contributed by atoms with E-state index in [9.17, 15) is 4.79 Å². The Kier molecular flexibility index (Phi) is 7.49. The van der Waals surface area contributed by atoms with E-state index in [2.05, 4.69) is 29.7 Å². The summed E-state index contributed by atoms with van der Waals surface area (Å²) in [6.07, 6.45) is 7.91. The fourth-order valence-corrected chi connectivity index (χ4v) is 2.44. The predicted molar refractivity (Wildman–Crippen MR) is 110 cm³/mol. The smallest absolute Gasteiger partial charge is 0.158 e. The minimum absolute atomic E-state index is 0.0432. The van der Waals surface area contributed by atoms with Crippen LogP contribution in [0.1, 0.15) is 30.5 Å². The van der Waals surface area contributed by atoms with Crippen LogP contribution in [0.3, 0.4) is 0 Å². The van der Waals surface area contributed by atoms with Crippen LogP contribution in [-0.4, -0.2) is 19.6 Å². The molecule has 26 heavy (non-hydrogen) atoms. The topological polar surface area (TPSA) is 50.4 Å². The average Bonchev–Trinajstić information content (AvgIpc) is 2.67. The van der Waals surface area contributed by atoms with Gasteiger partial charge in [-0.05, 0) is 60.4 Å². The summed E-state index contributed by atoms with van der Waals surface area (Å²) in [5, 5.41) is 6.45. The maximum Gasteiger partial charge on any atom is 0.158 e. The van der Waals surface area contributed by atoms with E-state index in [0.29, 0.717) is 6.73 Å². The molecule has 136 valence electrons. The molecule has 0 spiro atoms. The van der Waals surface area contributed by atoms with Gasteiger partial charge in [0.05, 0.1) is 6.26 Å². The summed E-state index contributed by atoms with van der Waals surface area (Å²) in [5.41, 5.74) is 5.48. The number of nitrogens with one attached hydrogen (secondary N) is 2. The summed E-state index contributed by atoms with van der Waals surface area (Å²) in [5.74, 6) is 0.0432. The van der Waals surface area contributed by atoms with Crippen molar-refractivity contribution in [3.63, 3.8) is 0 Å². The molecule has 4 heteroatoms. The molecule has 2 aromatic rings. The SMILES string of the molecule is CCc1cc(NC)ccc1NCO/C=C/c1ccc(/C=C/C(C)=O)cc1. The molecule has 0 aliphatic heterocycles. The van der Waals surface area contributed by atoms with Gasteiger partial charge in [-0.2, -0.15) is 0 Å². The Bertz CT molecular complexity index is 777. The Morgan fingerprint density at radius 1 is 1.08 bits per heavy atom. The van der Waals surface area contributed by atoms with E-state index in [-0.39, 0.29) is 5.78 Å². The predicted octanol–water partition coefficient (Wildman–Crippen LogP) is 4.95. The van der Waals surface area contributed by atoms with Crippen LogP contribution in [0, 0.1) is 0 Å². The van der Waals surface area contributed by atoms with E-state index in [0.717, 1.165) is 28.9 Å². The first-order chi connectivity index (χ1) is 12.6. The van der Waals surface area contributed by atoms with Crippen molar-refractivity contribution < 1.29 is 9.53 Å². The van der Waals surface area contributed by atoms with Gasteiger partial charge >= 0.3 is 0 Å². The number of benzene rings is 2. The summed E-state index contributed by atoms with van der Waals surface area (Å²) < 4.78 is 5.54. The highest BCUT2D eigenvalue weighted by Gasteiger charge is 2.01. The highest BCUT2D eigenvalue weighted by atomic mass is 16.5. The fourth-order valence-electron chi connectivity index (χ4n) is 2.44. The van der Waals surface area contributed by atoms with Gasteiger partial charge in [0.25, 0.3) is 0 Å². The molecule has 2 N–H and O–H groups in total. The van der Waals surface area contributed by atoms with E-state index in [4.69, 9.17) is 4.74 Å². The number of carbonyl (C=O) groups excluding carboxylic acids is 1. The number of hydrogen-bond acceptors (Lipinski definition) is 4. The lowest BCUT2D eigenvalue weighted by Crippen LogP contribution is -2.05. The highest BCUT2D eigenvalue weighted by molar-refractivity contribution is 5.91. The number of rotatable bonds is 9. The van der Waals surface area contributed by atoms with Crippen molar-refractivity contribution in [2.45, 2.75) is 20.3 Å². The summed E-state index contributed by atoms with van der Waals surface area (Å²) in [6, 6.07) is 14.1. The van der Waals surface area contributed by atoms with Crippen LogP contribution in [0.2, 0.25) is 0 Å². The molecule has 0 aliphatic carbocycles. The molecule has 0 fully saturated rings. The Balaban J connectivity index is 1.83. The quantitative estimate of drug-likeness (QED) is 0.291. The molecule has 0 amide bonds. The van der Waals surface area contributed by atoms with E-state index >= 15 is 0 Å². The number of aryl methyl sites for hydroxylation is 1. The first-order valence-corrected chi connectivity index (χ1v) is 8.73. The zero-order valence-electron chi connectivity index (χ0n) is 15.6. The second-order valence-electron chi connectivity index (χ2n) is 5.88. The van der Waals surface area contributed by atoms with Crippen molar-refractivity contribution >= 4 is 29.3 Å². The standard InChI is InChI=1S/C22H26N2O2/c1-4-20-15-21(23-3)11-12-22(20)24-16-26-14-13-19-9-7-18(8-10-19)6-5-17(2)25/h5-15,23-24H,4,16H2,1-3H3/b6-5+,14-13+. The van der Waals surface area contributed by atoms with Gasteiger partial charge in [0, 0.05) is 18.4 Å². The highest BCUT2D eigenvalue weighted by Crippen LogP contribution is 2.20. The number of carbonyl (C=O) groups is 1. The summed E-state index contributed by atoms with van der Waals surface area (Å²) >= 11 is 0. The third-order valence-electron chi connectivity index (χ3n) is 3.92. The molecule has 0 bridgehead atoms. The largest absolute Gasteiger partial charge is 0.481 e. The van der Waals surface area contributed by atoms with Crippen molar-refractivity contribution in [3.8, 4) is 0 Å². The molecular formula is C22H26N2O2. The lowest BCUT2D eigenvalue weighted by Gasteiger charge is -2.12. The van der Waals surface area contributed by atoms with Gasteiger partial charge in [-0.25, -0.2) is 0 Å². The van der Waals surface area contributed by atoms with Crippen LogP contribution in [0.5, 0.6) is 0 Å². The summed E-state index contributed by atoms with van der Waals surface area (Å²) in [6.45, 7) is 4.08. The Labute approximate surface area is 155 Å². The second-order valence-corrected chi connectivity index (χ2v) is 5.88. The van der Waals surface area contributed by atoms with Crippen molar-refractivity contribution in [1.29, 1.82) is 0 Å². The zero-order chi connectivity index (χ0) is 18.8. The van der Waals surface area contributed by atoms with Crippen LogP contribution in [0.25, 0.3) is 12.2 Å². The molecule has 0 unspecified atom stereocenters.